The molecule has 2 aliphatic heterocycles. The van der Waals surface area contributed by atoms with Gasteiger partial charge in [0.1, 0.15) is 0 Å². The van der Waals surface area contributed by atoms with Gasteiger partial charge >= 0.3 is 0 Å². The van der Waals surface area contributed by atoms with Gasteiger partial charge in [0, 0.05) is 13.1 Å². The van der Waals surface area contributed by atoms with Crippen LogP contribution in [0.3, 0.4) is 0 Å². The predicted octanol–water partition coefficient (Wildman–Crippen LogP) is 1.00. The summed E-state index contributed by atoms with van der Waals surface area (Å²) in [7, 11) is 0. The number of imide groups is 1. The molecular weight excluding hydrogens is 256 g/mol. The molecule has 0 aromatic carbocycles. The fraction of sp³-hybridized carbons (Fsp3) is 0.733. The summed E-state index contributed by atoms with van der Waals surface area (Å²) >= 11 is 0. The minimum atomic E-state index is -0.122. The molecular formula is C15H22N2O3. The predicted molar refractivity (Wildman–Crippen MR) is 73.7 cm³/mol. The van der Waals surface area contributed by atoms with Gasteiger partial charge in [-0.2, -0.15) is 0 Å². The first-order valence-corrected chi connectivity index (χ1v) is 7.44. The largest absolute Gasteiger partial charge is 0.373 e. The van der Waals surface area contributed by atoms with E-state index in [2.05, 4.69) is 4.90 Å². The van der Waals surface area contributed by atoms with Crippen LogP contribution in [0.2, 0.25) is 0 Å². The highest BCUT2D eigenvalue weighted by molar-refractivity contribution is 6.05. The van der Waals surface area contributed by atoms with E-state index in [1.807, 2.05) is 26.0 Å². The monoisotopic (exact) mass is 278 g/mol. The van der Waals surface area contributed by atoms with E-state index in [1.54, 1.807) is 0 Å². The summed E-state index contributed by atoms with van der Waals surface area (Å²) in [5, 5.41) is 0. The van der Waals surface area contributed by atoms with E-state index in [0.717, 1.165) is 13.1 Å². The van der Waals surface area contributed by atoms with Crippen molar-refractivity contribution in [2.75, 3.05) is 19.8 Å². The van der Waals surface area contributed by atoms with Crippen LogP contribution < -0.4 is 0 Å². The Kier molecular flexibility index (Phi) is 3.65. The topological polar surface area (TPSA) is 49.9 Å². The highest BCUT2D eigenvalue weighted by Gasteiger charge is 2.47. The first kappa shape index (κ1) is 13.8. The fourth-order valence-corrected chi connectivity index (χ4v) is 3.61. The lowest BCUT2D eigenvalue weighted by atomic mass is 9.85. The fourth-order valence-electron chi connectivity index (χ4n) is 3.61. The van der Waals surface area contributed by atoms with E-state index in [-0.39, 0.29) is 35.9 Å². The molecule has 4 atom stereocenters. The van der Waals surface area contributed by atoms with Crippen LogP contribution in [0.25, 0.3) is 0 Å². The molecule has 2 heterocycles. The van der Waals surface area contributed by atoms with Gasteiger partial charge in [0.2, 0.25) is 11.8 Å². The average Bonchev–Trinajstić information content (AvgIpc) is 2.64. The summed E-state index contributed by atoms with van der Waals surface area (Å²) in [6.07, 6.45) is 5.76. The van der Waals surface area contributed by atoms with Crippen LogP contribution in [-0.4, -0.2) is 53.6 Å². The van der Waals surface area contributed by atoms with Crippen molar-refractivity contribution in [3.63, 3.8) is 0 Å². The second-order valence-electron chi connectivity index (χ2n) is 6.20. The number of ether oxygens (including phenoxy) is 1. The number of morpholine rings is 1. The van der Waals surface area contributed by atoms with Crippen molar-refractivity contribution < 1.29 is 14.3 Å². The first-order chi connectivity index (χ1) is 9.56. The van der Waals surface area contributed by atoms with Gasteiger partial charge in [-0.3, -0.25) is 19.4 Å². The Labute approximate surface area is 119 Å². The van der Waals surface area contributed by atoms with Crippen LogP contribution in [0.4, 0.5) is 0 Å². The molecule has 2 saturated heterocycles. The minimum Gasteiger partial charge on any atom is -0.373 e. The third kappa shape index (κ3) is 2.40. The number of amides is 2. The van der Waals surface area contributed by atoms with Gasteiger partial charge < -0.3 is 4.74 Å². The third-order valence-corrected chi connectivity index (χ3v) is 4.44. The zero-order chi connectivity index (χ0) is 14.3. The summed E-state index contributed by atoms with van der Waals surface area (Å²) in [4.78, 5) is 28.4. The van der Waals surface area contributed by atoms with E-state index in [1.165, 1.54) is 4.90 Å². The molecule has 0 radical (unpaired) electrons. The Bertz CT molecular complexity index is 412. The Morgan fingerprint density at radius 2 is 1.55 bits per heavy atom. The second-order valence-corrected chi connectivity index (χ2v) is 6.20. The summed E-state index contributed by atoms with van der Waals surface area (Å²) in [6.45, 7) is 6.02. The summed E-state index contributed by atoms with van der Waals surface area (Å²) in [5.41, 5.74) is 0. The highest BCUT2D eigenvalue weighted by atomic mass is 16.5. The van der Waals surface area contributed by atoms with Crippen LogP contribution >= 0.6 is 0 Å². The van der Waals surface area contributed by atoms with E-state index in [4.69, 9.17) is 4.74 Å². The van der Waals surface area contributed by atoms with Crippen LogP contribution in [0.1, 0.15) is 26.7 Å². The van der Waals surface area contributed by atoms with Crippen molar-refractivity contribution in [1.29, 1.82) is 0 Å². The molecule has 5 nitrogen and oxygen atoms in total. The molecule has 2 fully saturated rings. The number of hydrogen-bond donors (Lipinski definition) is 0. The molecule has 110 valence electrons. The molecule has 0 N–H and O–H groups in total. The standard InChI is InChI=1S/C15H22N2O3/c1-10-7-16(8-11(2)20-10)9-17-14(18)12-5-3-4-6-13(12)15(17)19/h3-4,10-13H,5-9H2,1-2H3/t10-,11+,12-,13-/m1/s1. The minimum absolute atomic E-state index is 0.0103. The van der Waals surface area contributed by atoms with Gasteiger partial charge in [-0.25, -0.2) is 0 Å². The Morgan fingerprint density at radius 3 is 2.05 bits per heavy atom. The van der Waals surface area contributed by atoms with E-state index in [0.29, 0.717) is 19.5 Å². The van der Waals surface area contributed by atoms with Crippen molar-refractivity contribution >= 4 is 11.8 Å². The molecule has 0 aromatic heterocycles. The summed E-state index contributed by atoms with van der Waals surface area (Å²) in [5.74, 6) is -0.223. The maximum atomic E-state index is 12.4. The Hall–Kier alpha value is -1.20. The zero-order valence-electron chi connectivity index (χ0n) is 12.1. The second kappa shape index (κ2) is 5.30. The lowest BCUT2D eigenvalue weighted by Crippen LogP contribution is -2.51. The van der Waals surface area contributed by atoms with Crippen molar-refractivity contribution in [3.05, 3.63) is 12.2 Å². The number of likely N-dealkylation sites (tertiary alicyclic amines) is 1. The number of fused-ring (bicyclic) bond motifs is 1. The van der Waals surface area contributed by atoms with Gasteiger partial charge in [0.25, 0.3) is 0 Å². The number of hydrogen-bond acceptors (Lipinski definition) is 4. The number of rotatable bonds is 2. The lowest BCUT2D eigenvalue weighted by molar-refractivity contribution is -0.146. The molecule has 2 amide bonds. The number of allylic oxidation sites excluding steroid dienone is 2. The summed E-state index contributed by atoms with van der Waals surface area (Å²) < 4.78 is 5.69. The average molecular weight is 278 g/mol. The van der Waals surface area contributed by atoms with E-state index >= 15 is 0 Å². The Morgan fingerprint density at radius 1 is 1.05 bits per heavy atom. The molecule has 5 heteroatoms. The van der Waals surface area contributed by atoms with Crippen LogP contribution in [0.15, 0.2) is 12.2 Å². The molecule has 20 heavy (non-hydrogen) atoms. The smallest absolute Gasteiger partial charge is 0.234 e. The van der Waals surface area contributed by atoms with Gasteiger partial charge in [-0.1, -0.05) is 12.2 Å². The van der Waals surface area contributed by atoms with Gasteiger partial charge in [-0.05, 0) is 26.7 Å². The maximum absolute atomic E-state index is 12.4. The van der Waals surface area contributed by atoms with Crippen molar-refractivity contribution in [3.8, 4) is 0 Å². The molecule has 0 saturated carbocycles. The quantitative estimate of drug-likeness (QED) is 0.558. The molecule has 1 aliphatic carbocycles. The van der Waals surface area contributed by atoms with E-state index < -0.39 is 0 Å². The molecule has 3 aliphatic rings. The first-order valence-electron chi connectivity index (χ1n) is 7.44. The lowest BCUT2D eigenvalue weighted by Gasteiger charge is -2.36. The normalized spacial score (nSPS) is 38.4. The third-order valence-electron chi connectivity index (χ3n) is 4.44. The SMILES string of the molecule is C[C@@H]1CN(CN2C(=O)[C@@H]3CC=CC[C@H]3C2=O)C[C@H](C)O1. The Balaban J connectivity index is 1.68. The van der Waals surface area contributed by atoms with Crippen LogP contribution in [0, 0.1) is 11.8 Å². The van der Waals surface area contributed by atoms with Gasteiger partial charge in [-0.15, -0.1) is 0 Å². The van der Waals surface area contributed by atoms with Crippen LogP contribution in [0.5, 0.6) is 0 Å². The van der Waals surface area contributed by atoms with Crippen molar-refractivity contribution in [2.24, 2.45) is 11.8 Å². The molecule has 0 unspecified atom stereocenters. The molecule has 3 rings (SSSR count). The van der Waals surface area contributed by atoms with Gasteiger partial charge in [0.15, 0.2) is 0 Å². The molecule has 0 bridgehead atoms. The zero-order valence-corrected chi connectivity index (χ0v) is 12.1. The van der Waals surface area contributed by atoms with Crippen LogP contribution in [-0.2, 0) is 14.3 Å². The molecule has 0 spiro atoms. The molecule has 0 aromatic rings. The number of carbonyl (C=O) groups excluding carboxylic acids is 2. The maximum Gasteiger partial charge on any atom is 0.234 e. The van der Waals surface area contributed by atoms with Gasteiger partial charge in [0.05, 0.1) is 30.7 Å². The number of nitrogens with zero attached hydrogens (tertiary/aromatic N) is 2. The van der Waals surface area contributed by atoms with Crippen molar-refractivity contribution in [1.82, 2.24) is 9.80 Å². The van der Waals surface area contributed by atoms with E-state index in [9.17, 15) is 9.59 Å². The van der Waals surface area contributed by atoms with Crippen molar-refractivity contribution in [2.45, 2.75) is 38.9 Å². The highest BCUT2D eigenvalue weighted by Crippen LogP contribution is 2.35. The summed E-state index contributed by atoms with van der Waals surface area (Å²) in [6, 6.07) is 0. The number of carbonyl (C=O) groups is 2.